The third-order valence-electron chi connectivity index (χ3n) is 3.64. The maximum Gasteiger partial charge on any atom is 0.189 e. The Labute approximate surface area is 121 Å². The zero-order valence-corrected chi connectivity index (χ0v) is 12.8. The Balaban J connectivity index is 2.12. The monoisotopic (exact) mass is 277 g/mol. The largest absolute Gasteiger partial charge is 0.342 e. The van der Waals surface area contributed by atoms with Gasteiger partial charge in [-0.1, -0.05) is 39.0 Å². The molecule has 1 aliphatic heterocycles. The lowest BCUT2D eigenvalue weighted by atomic mass is 9.97. The Kier molecular flexibility index (Phi) is 4.42. The average Bonchev–Trinajstić information content (AvgIpc) is 2.76. The molecular formula is C15H23N3S. The van der Waals surface area contributed by atoms with E-state index in [1.165, 1.54) is 6.42 Å². The Bertz CT molecular complexity index is 432. The van der Waals surface area contributed by atoms with Crippen LogP contribution in [0.2, 0.25) is 0 Å². The van der Waals surface area contributed by atoms with Crippen molar-refractivity contribution in [3.05, 3.63) is 30.3 Å². The minimum absolute atomic E-state index is 0.100. The first-order valence-electron chi connectivity index (χ1n) is 7.01. The van der Waals surface area contributed by atoms with Crippen LogP contribution in [0, 0.1) is 5.92 Å². The van der Waals surface area contributed by atoms with Gasteiger partial charge in [0.1, 0.15) is 5.66 Å². The Morgan fingerprint density at radius 2 is 1.95 bits per heavy atom. The van der Waals surface area contributed by atoms with Gasteiger partial charge in [-0.05, 0) is 49.5 Å². The van der Waals surface area contributed by atoms with Crippen LogP contribution in [-0.2, 0) is 0 Å². The highest BCUT2D eigenvalue weighted by Crippen LogP contribution is 2.25. The number of anilines is 1. The molecule has 0 bridgehead atoms. The first-order valence-corrected chi connectivity index (χ1v) is 7.42. The smallest absolute Gasteiger partial charge is 0.189 e. The fourth-order valence-corrected chi connectivity index (χ4v) is 2.66. The lowest BCUT2D eigenvalue weighted by Gasteiger charge is -2.29. The SMILES string of the molecule is CC[C@]1(CCC(C)C)NC(=S)N(c2ccccc2)N1. The summed E-state index contributed by atoms with van der Waals surface area (Å²) in [6.45, 7) is 6.70. The number of hydrogen-bond donors (Lipinski definition) is 2. The fourth-order valence-electron chi connectivity index (χ4n) is 2.31. The number of nitrogens with one attached hydrogen (secondary N) is 2. The molecule has 0 aliphatic carbocycles. The van der Waals surface area contributed by atoms with Crippen molar-refractivity contribution in [1.29, 1.82) is 0 Å². The summed E-state index contributed by atoms with van der Waals surface area (Å²) in [5.41, 5.74) is 4.54. The molecular weight excluding hydrogens is 254 g/mol. The lowest BCUT2D eigenvalue weighted by molar-refractivity contribution is 0.280. The minimum Gasteiger partial charge on any atom is -0.342 e. The van der Waals surface area contributed by atoms with E-state index < -0.39 is 0 Å². The molecule has 2 N–H and O–H groups in total. The van der Waals surface area contributed by atoms with Crippen LogP contribution in [0.3, 0.4) is 0 Å². The minimum atomic E-state index is -0.100. The van der Waals surface area contributed by atoms with Gasteiger partial charge in [0, 0.05) is 0 Å². The maximum atomic E-state index is 5.47. The molecule has 1 aliphatic rings. The third-order valence-corrected chi connectivity index (χ3v) is 3.93. The third kappa shape index (κ3) is 3.25. The first-order chi connectivity index (χ1) is 9.06. The summed E-state index contributed by atoms with van der Waals surface area (Å²) < 4.78 is 0. The Morgan fingerprint density at radius 3 is 2.53 bits per heavy atom. The van der Waals surface area contributed by atoms with Gasteiger partial charge in [0.2, 0.25) is 0 Å². The van der Waals surface area contributed by atoms with E-state index >= 15 is 0 Å². The van der Waals surface area contributed by atoms with Crippen LogP contribution in [0.5, 0.6) is 0 Å². The van der Waals surface area contributed by atoms with Crippen molar-refractivity contribution in [2.75, 3.05) is 5.01 Å². The first kappa shape index (κ1) is 14.3. The van der Waals surface area contributed by atoms with Crippen molar-refractivity contribution in [2.45, 2.75) is 45.7 Å². The van der Waals surface area contributed by atoms with Crippen molar-refractivity contribution < 1.29 is 0 Å². The van der Waals surface area contributed by atoms with E-state index in [0.717, 1.165) is 23.6 Å². The summed E-state index contributed by atoms with van der Waals surface area (Å²) in [6, 6.07) is 10.2. The number of hydrogen-bond acceptors (Lipinski definition) is 2. The normalized spacial score (nSPS) is 22.9. The second kappa shape index (κ2) is 5.88. The predicted molar refractivity (Wildman–Crippen MR) is 84.9 cm³/mol. The summed E-state index contributed by atoms with van der Waals surface area (Å²) in [5, 5.41) is 6.21. The topological polar surface area (TPSA) is 27.3 Å². The van der Waals surface area contributed by atoms with Crippen LogP contribution < -0.4 is 15.8 Å². The lowest BCUT2D eigenvalue weighted by Crippen LogP contribution is -2.51. The van der Waals surface area contributed by atoms with E-state index in [9.17, 15) is 0 Å². The summed E-state index contributed by atoms with van der Waals surface area (Å²) in [4.78, 5) is 0. The highest BCUT2D eigenvalue weighted by atomic mass is 32.1. The number of para-hydroxylation sites is 1. The number of benzene rings is 1. The van der Waals surface area contributed by atoms with Crippen LogP contribution in [0.25, 0.3) is 0 Å². The number of nitrogens with zero attached hydrogens (tertiary/aromatic N) is 1. The van der Waals surface area contributed by atoms with E-state index in [0.29, 0.717) is 5.92 Å². The van der Waals surface area contributed by atoms with Crippen molar-refractivity contribution in [2.24, 2.45) is 5.92 Å². The maximum absolute atomic E-state index is 5.47. The van der Waals surface area contributed by atoms with Gasteiger partial charge in [-0.15, -0.1) is 0 Å². The van der Waals surface area contributed by atoms with Crippen LogP contribution >= 0.6 is 12.2 Å². The van der Waals surface area contributed by atoms with Gasteiger partial charge in [-0.25, -0.2) is 5.43 Å². The highest BCUT2D eigenvalue weighted by molar-refractivity contribution is 7.80. The summed E-state index contributed by atoms with van der Waals surface area (Å²) in [7, 11) is 0. The van der Waals surface area contributed by atoms with E-state index in [-0.39, 0.29) is 5.66 Å². The molecule has 1 aromatic rings. The molecule has 1 aromatic carbocycles. The van der Waals surface area contributed by atoms with Crippen molar-refractivity contribution in [3.63, 3.8) is 0 Å². The van der Waals surface area contributed by atoms with Crippen molar-refractivity contribution >= 4 is 23.0 Å². The predicted octanol–water partition coefficient (Wildman–Crippen LogP) is 3.43. The second-order valence-corrected chi connectivity index (χ2v) is 5.97. The zero-order chi connectivity index (χ0) is 13.9. The molecule has 0 unspecified atom stereocenters. The summed E-state index contributed by atoms with van der Waals surface area (Å²) >= 11 is 5.47. The van der Waals surface area contributed by atoms with Gasteiger partial charge in [-0.3, -0.25) is 5.01 Å². The summed E-state index contributed by atoms with van der Waals surface area (Å²) in [6.07, 6.45) is 3.26. The van der Waals surface area contributed by atoms with Crippen LogP contribution in [-0.4, -0.2) is 10.8 Å². The molecule has 19 heavy (non-hydrogen) atoms. The molecule has 0 amide bonds. The average molecular weight is 277 g/mol. The Hall–Kier alpha value is -1.13. The zero-order valence-electron chi connectivity index (χ0n) is 11.9. The molecule has 0 radical (unpaired) electrons. The molecule has 1 saturated heterocycles. The van der Waals surface area contributed by atoms with Gasteiger partial charge in [0.25, 0.3) is 0 Å². The molecule has 4 heteroatoms. The summed E-state index contributed by atoms with van der Waals surface area (Å²) in [5.74, 6) is 0.700. The molecule has 0 saturated carbocycles. The highest BCUT2D eigenvalue weighted by Gasteiger charge is 2.38. The Morgan fingerprint density at radius 1 is 1.26 bits per heavy atom. The number of rotatable bonds is 5. The molecule has 0 aromatic heterocycles. The van der Waals surface area contributed by atoms with E-state index in [1.54, 1.807) is 0 Å². The van der Waals surface area contributed by atoms with Crippen LogP contribution in [0.15, 0.2) is 30.3 Å². The molecule has 3 nitrogen and oxygen atoms in total. The quantitative estimate of drug-likeness (QED) is 0.806. The standard InChI is InChI=1S/C15H23N3S/c1-4-15(11-10-12(2)3)16-14(19)18(17-15)13-8-6-5-7-9-13/h5-9,12,17H,4,10-11H2,1-3H3,(H,16,19)/t15-/m0/s1. The molecule has 1 heterocycles. The van der Waals surface area contributed by atoms with E-state index in [2.05, 4.69) is 43.6 Å². The van der Waals surface area contributed by atoms with Gasteiger partial charge in [-0.2, -0.15) is 0 Å². The van der Waals surface area contributed by atoms with Crippen LogP contribution in [0.4, 0.5) is 5.69 Å². The fraction of sp³-hybridized carbons (Fsp3) is 0.533. The van der Waals surface area contributed by atoms with Gasteiger partial charge < -0.3 is 5.32 Å². The molecule has 1 fully saturated rings. The van der Waals surface area contributed by atoms with E-state index in [1.807, 2.05) is 23.2 Å². The molecule has 1 atom stereocenters. The molecule has 0 spiro atoms. The van der Waals surface area contributed by atoms with Crippen LogP contribution in [0.1, 0.15) is 40.0 Å². The molecule has 2 rings (SSSR count). The van der Waals surface area contributed by atoms with Crippen molar-refractivity contribution in [3.8, 4) is 0 Å². The number of hydrazine groups is 1. The van der Waals surface area contributed by atoms with Gasteiger partial charge in [0.05, 0.1) is 5.69 Å². The van der Waals surface area contributed by atoms with Gasteiger partial charge in [0.15, 0.2) is 5.11 Å². The van der Waals surface area contributed by atoms with E-state index in [4.69, 9.17) is 12.2 Å². The van der Waals surface area contributed by atoms with Crippen molar-refractivity contribution in [1.82, 2.24) is 10.7 Å². The van der Waals surface area contributed by atoms with Gasteiger partial charge >= 0.3 is 0 Å². The molecule has 104 valence electrons. The second-order valence-electron chi connectivity index (χ2n) is 5.58. The number of thiocarbonyl (C=S) groups is 1.